The number of hydrogen-bond acceptors (Lipinski definition) is 1. The normalized spacial score (nSPS) is 15.5. The minimum absolute atomic E-state index is 0.345. The first-order valence-corrected chi connectivity index (χ1v) is 7.02. The van der Waals surface area contributed by atoms with Gasteiger partial charge in [0.2, 0.25) is 0 Å². The molecule has 0 aliphatic carbocycles. The maximum atomic E-state index is 2.37. The maximum Gasteiger partial charge on any atom is 0.00830 e. The third-order valence-corrected chi connectivity index (χ3v) is 3.95. The molecule has 0 saturated carbocycles. The molecule has 1 heteroatoms. The van der Waals surface area contributed by atoms with Crippen LogP contribution in [-0.4, -0.2) is 5.25 Å². The van der Waals surface area contributed by atoms with Crippen molar-refractivity contribution in [3.8, 4) is 0 Å². The molecule has 1 atom stereocenters. The van der Waals surface area contributed by atoms with E-state index in [-0.39, 0.29) is 0 Å². The van der Waals surface area contributed by atoms with E-state index < -0.39 is 0 Å². The minimum atomic E-state index is 0.345. The summed E-state index contributed by atoms with van der Waals surface area (Å²) in [7, 11) is 0. The van der Waals surface area contributed by atoms with Gasteiger partial charge in [0.1, 0.15) is 0 Å². The van der Waals surface area contributed by atoms with Crippen LogP contribution in [0.4, 0.5) is 0 Å². The van der Waals surface area contributed by atoms with Crippen molar-refractivity contribution in [2.75, 3.05) is 0 Å². The van der Waals surface area contributed by atoms with Gasteiger partial charge >= 0.3 is 0 Å². The van der Waals surface area contributed by atoms with Crippen LogP contribution >= 0.6 is 11.8 Å². The quantitative estimate of drug-likeness (QED) is 0.590. The van der Waals surface area contributed by atoms with Crippen molar-refractivity contribution in [1.82, 2.24) is 0 Å². The third-order valence-electron chi connectivity index (χ3n) is 2.69. The Balaban J connectivity index is 4.04. The van der Waals surface area contributed by atoms with Crippen molar-refractivity contribution in [3.05, 3.63) is 11.5 Å². The van der Waals surface area contributed by atoms with E-state index in [9.17, 15) is 0 Å². The summed E-state index contributed by atoms with van der Waals surface area (Å²) in [5.41, 5.74) is 0.345. The highest BCUT2D eigenvalue weighted by atomic mass is 32.2. The highest BCUT2D eigenvalue weighted by Crippen LogP contribution is 2.29. The second-order valence-corrected chi connectivity index (χ2v) is 7.26. The molecule has 0 amide bonds. The smallest absolute Gasteiger partial charge is 0.00830 e. The standard InChI is InChI=1S/C14H28S/c1-11(2)10-14(6,7)8-9-15-13(5)12(3)4/h8-9,11-13H,10H2,1-7H3. The largest absolute Gasteiger partial charge is 0.131 e. The Kier molecular flexibility index (Phi) is 6.66. The van der Waals surface area contributed by atoms with Gasteiger partial charge < -0.3 is 0 Å². The first-order chi connectivity index (χ1) is 6.74. The molecule has 0 radical (unpaired) electrons. The second kappa shape index (κ2) is 6.62. The fourth-order valence-corrected chi connectivity index (χ4v) is 2.63. The van der Waals surface area contributed by atoms with Gasteiger partial charge in [-0.3, -0.25) is 0 Å². The number of rotatable bonds is 6. The maximum absolute atomic E-state index is 2.37. The van der Waals surface area contributed by atoms with Gasteiger partial charge in [-0.15, -0.1) is 11.8 Å². The van der Waals surface area contributed by atoms with Crippen LogP contribution < -0.4 is 0 Å². The first kappa shape index (κ1) is 15.1. The van der Waals surface area contributed by atoms with Crippen molar-refractivity contribution in [1.29, 1.82) is 0 Å². The predicted octanol–water partition coefficient (Wildman–Crippen LogP) is 5.35. The van der Waals surface area contributed by atoms with Gasteiger partial charge in [-0.1, -0.05) is 54.5 Å². The fraction of sp³-hybridized carbons (Fsp3) is 0.857. The fourth-order valence-electron chi connectivity index (χ4n) is 1.62. The monoisotopic (exact) mass is 228 g/mol. The zero-order valence-electron chi connectivity index (χ0n) is 11.5. The van der Waals surface area contributed by atoms with E-state index in [0.29, 0.717) is 5.41 Å². The molecule has 0 N–H and O–H groups in total. The summed E-state index contributed by atoms with van der Waals surface area (Å²) in [6, 6.07) is 0. The van der Waals surface area contributed by atoms with Crippen LogP contribution in [0.5, 0.6) is 0 Å². The molecule has 0 rings (SSSR count). The summed E-state index contributed by atoms with van der Waals surface area (Å²) in [4.78, 5) is 0. The van der Waals surface area contributed by atoms with E-state index in [0.717, 1.165) is 17.1 Å². The lowest BCUT2D eigenvalue weighted by molar-refractivity contribution is 0.367. The first-order valence-electron chi connectivity index (χ1n) is 6.08. The van der Waals surface area contributed by atoms with Gasteiger partial charge in [0, 0.05) is 5.25 Å². The molecular weight excluding hydrogens is 200 g/mol. The van der Waals surface area contributed by atoms with Gasteiger partial charge in [0.25, 0.3) is 0 Å². The Hall–Kier alpha value is 0.0900. The van der Waals surface area contributed by atoms with E-state index in [1.165, 1.54) is 6.42 Å². The van der Waals surface area contributed by atoms with Crippen molar-refractivity contribution < 1.29 is 0 Å². The lowest BCUT2D eigenvalue weighted by atomic mass is 9.84. The van der Waals surface area contributed by atoms with Crippen molar-refractivity contribution in [2.24, 2.45) is 17.3 Å². The SMILES string of the molecule is CC(C)CC(C)(C)C=CSC(C)C(C)C. The predicted molar refractivity (Wildman–Crippen MR) is 74.3 cm³/mol. The summed E-state index contributed by atoms with van der Waals surface area (Å²) in [5.74, 6) is 1.53. The summed E-state index contributed by atoms with van der Waals surface area (Å²) < 4.78 is 0. The Morgan fingerprint density at radius 1 is 1.07 bits per heavy atom. The molecule has 90 valence electrons. The molecule has 0 heterocycles. The minimum Gasteiger partial charge on any atom is -0.131 e. The van der Waals surface area contributed by atoms with Crippen LogP contribution in [0.25, 0.3) is 0 Å². The Labute approximate surface area is 101 Å². The molecule has 0 fully saturated rings. The topological polar surface area (TPSA) is 0 Å². The van der Waals surface area contributed by atoms with Gasteiger partial charge in [-0.05, 0) is 29.1 Å². The van der Waals surface area contributed by atoms with Crippen LogP contribution in [0.3, 0.4) is 0 Å². The lowest BCUT2D eigenvalue weighted by Crippen LogP contribution is -2.11. The summed E-state index contributed by atoms with van der Waals surface area (Å²) >= 11 is 1.96. The van der Waals surface area contributed by atoms with Crippen LogP contribution in [0.2, 0.25) is 0 Å². The highest BCUT2D eigenvalue weighted by Gasteiger charge is 2.15. The molecule has 0 nitrogen and oxygen atoms in total. The lowest BCUT2D eigenvalue weighted by Gasteiger charge is -2.23. The van der Waals surface area contributed by atoms with E-state index in [2.05, 4.69) is 60.0 Å². The average molecular weight is 228 g/mol. The summed E-state index contributed by atoms with van der Waals surface area (Å²) in [5, 5.41) is 3.02. The van der Waals surface area contributed by atoms with Crippen LogP contribution in [0.1, 0.15) is 54.9 Å². The zero-order valence-corrected chi connectivity index (χ0v) is 12.3. The molecule has 0 spiro atoms. The molecule has 0 aromatic carbocycles. The van der Waals surface area contributed by atoms with Crippen molar-refractivity contribution >= 4 is 11.8 Å². The van der Waals surface area contributed by atoms with E-state index in [4.69, 9.17) is 0 Å². The Bertz CT molecular complexity index is 190. The molecule has 0 aromatic heterocycles. The molecule has 0 aliphatic heterocycles. The van der Waals surface area contributed by atoms with Crippen molar-refractivity contribution in [2.45, 2.75) is 60.1 Å². The number of thioether (sulfide) groups is 1. The summed E-state index contributed by atoms with van der Waals surface area (Å²) in [6.07, 6.45) is 3.64. The Morgan fingerprint density at radius 2 is 1.60 bits per heavy atom. The van der Waals surface area contributed by atoms with Gasteiger partial charge in [-0.2, -0.15) is 0 Å². The van der Waals surface area contributed by atoms with E-state index in [1.54, 1.807) is 0 Å². The molecule has 0 aliphatic rings. The van der Waals surface area contributed by atoms with Crippen LogP contribution in [0, 0.1) is 17.3 Å². The van der Waals surface area contributed by atoms with Gasteiger partial charge in [0.15, 0.2) is 0 Å². The van der Waals surface area contributed by atoms with Crippen molar-refractivity contribution in [3.63, 3.8) is 0 Å². The molecule has 0 saturated heterocycles. The van der Waals surface area contributed by atoms with E-state index in [1.807, 2.05) is 11.8 Å². The molecule has 1 unspecified atom stereocenters. The number of hydrogen-bond donors (Lipinski definition) is 0. The molecule has 15 heavy (non-hydrogen) atoms. The highest BCUT2D eigenvalue weighted by molar-refractivity contribution is 8.02. The summed E-state index contributed by atoms with van der Waals surface area (Å²) in [6.45, 7) is 16.1. The third kappa shape index (κ3) is 7.96. The van der Waals surface area contributed by atoms with Crippen LogP contribution in [-0.2, 0) is 0 Å². The Morgan fingerprint density at radius 3 is 2.00 bits per heavy atom. The van der Waals surface area contributed by atoms with E-state index >= 15 is 0 Å². The van der Waals surface area contributed by atoms with Gasteiger partial charge in [-0.25, -0.2) is 0 Å². The average Bonchev–Trinajstić information content (AvgIpc) is 2.00. The molecule has 0 bridgehead atoms. The number of allylic oxidation sites excluding steroid dienone is 1. The zero-order chi connectivity index (χ0) is 12.1. The molecular formula is C14H28S. The second-order valence-electron chi connectivity index (χ2n) is 5.97. The molecule has 0 aromatic rings. The van der Waals surface area contributed by atoms with Crippen LogP contribution in [0.15, 0.2) is 11.5 Å². The van der Waals surface area contributed by atoms with Gasteiger partial charge in [0.05, 0.1) is 0 Å².